The molecule has 0 bridgehead atoms. The van der Waals surface area contributed by atoms with E-state index in [1.165, 1.54) is 12.1 Å². The highest BCUT2D eigenvalue weighted by atomic mass is 79.9. The number of carbonyl (C=O) groups excluding carboxylic acids is 1. The highest BCUT2D eigenvalue weighted by molar-refractivity contribution is 9.10. The van der Waals surface area contributed by atoms with Crippen LogP contribution in [-0.2, 0) is 6.54 Å². The highest BCUT2D eigenvalue weighted by Gasteiger charge is 2.22. The largest absolute Gasteiger partial charge is 0.444 e. The van der Waals surface area contributed by atoms with Crippen molar-refractivity contribution in [2.24, 2.45) is 5.92 Å². The van der Waals surface area contributed by atoms with Crippen molar-refractivity contribution in [2.75, 3.05) is 19.6 Å². The van der Waals surface area contributed by atoms with E-state index in [0.29, 0.717) is 16.9 Å². The Morgan fingerprint density at radius 1 is 1.38 bits per heavy atom. The molecule has 1 aromatic carbocycles. The van der Waals surface area contributed by atoms with Crippen molar-refractivity contribution < 1.29 is 13.6 Å². The van der Waals surface area contributed by atoms with E-state index >= 15 is 0 Å². The van der Waals surface area contributed by atoms with E-state index in [0.717, 1.165) is 49.8 Å². The van der Waals surface area contributed by atoms with Crippen LogP contribution in [-0.4, -0.2) is 35.4 Å². The van der Waals surface area contributed by atoms with Gasteiger partial charge in [0.05, 0.1) is 17.8 Å². The fourth-order valence-electron chi connectivity index (χ4n) is 3.15. The molecule has 0 spiro atoms. The summed E-state index contributed by atoms with van der Waals surface area (Å²) in [5.74, 6) is 1.17. The average molecular weight is 424 g/mol. The number of amides is 1. The Kier molecular flexibility index (Phi) is 6.09. The molecule has 26 heavy (non-hydrogen) atoms. The number of rotatable bonds is 5. The number of likely N-dealkylation sites (tertiary alicyclic amines) is 1. The van der Waals surface area contributed by atoms with Gasteiger partial charge in [-0.2, -0.15) is 0 Å². The summed E-state index contributed by atoms with van der Waals surface area (Å²) < 4.78 is 20.1. The summed E-state index contributed by atoms with van der Waals surface area (Å²) in [5.41, 5.74) is 1.02. The number of aromatic nitrogens is 1. The third kappa shape index (κ3) is 4.71. The third-order valence-corrected chi connectivity index (χ3v) is 5.36. The van der Waals surface area contributed by atoms with E-state index in [1.54, 1.807) is 6.07 Å². The van der Waals surface area contributed by atoms with Crippen molar-refractivity contribution in [3.05, 3.63) is 51.4 Å². The van der Waals surface area contributed by atoms with Crippen LogP contribution in [0.2, 0.25) is 0 Å². The molecule has 0 aliphatic carbocycles. The molecule has 2 heterocycles. The molecule has 0 unspecified atom stereocenters. The Hall–Kier alpha value is -1.73. The lowest BCUT2D eigenvalue weighted by atomic mass is 9.96. The standard InChI is InChI=1S/C19H23BrFN3O2/c1-12-13(2)26-18(23-12)11-24-7-5-14(6-8-24)10-22-19(25)16-9-15(20)3-4-17(16)21/h3-4,9,14H,5-8,10-11H2,1-2H3,(H,22,25). The van der Waals surface area contributed by atoms with Gasteiger partial charge in [0.2, 0.25) is 5.89 Å². The summed E-state index contributed by atoms with van der Waals surface area (Å²) in [4.78, 5) is 18.9. The Balaban J connectivity index is 1.45. The van der Waals surface area contributed by atoms with Crippen molar-refractivity contribution in [2.45, 2.75) is 33.2 Å². The SMILES string of the molecule is Cc1nc(CN2CCC(CNC(=O)c3cc(Br)ccc3F)CC2)oc1C. The van der Waals surface area contributed by atoms with Crippen molar-refractivity contribution >= 4 is 21.8 Å². The highest BCUT2D eigenvalue weighted by Crippen LogP contribution is 2.20. The minimum Gasteiger partial charge on any atom is -0.444 e. The maximum Gasteiger partial charge on any atom is 0.254 e. The normalized spacial score (nSPS) is 16.0. The minimum atomic E-state index is -0.503. The van der Waals surface area contributed by atoms with Gasteiger partial charge in [0.1, 0.15) is 11.6 Å². The average Bonchev–Trinajstić information content (AvgIpc) is 2.93. The lowest BCUT2D eigenvalue weighted by molar-refractivity contribution is 0.0929. The van der Waals surface area contributed by atoms with Crippen molar-refractivity contribution in [3.63, 3.8) is 0 Å². The molecule has 1 aliphatic heterocycles. The van der Waals surface area contributed by atoms with Crippen LogP contribution in [0, 0.1) is 25.6 Å². The van der Waals surface area contributed by atoms with Gasteiger partial charge < -0.3 is 9.73 Å². The zero-order valence-corrected chi connectivity index (χ0v) is 16.6. The summed E-state index contributed by atoms with van der Waals surface area (Å²) in [5, 5.41) is 2.86. The first kappa shape index (κ1) is 19.0. The molecular formula is C19H23BrFN3O2. The molecule has 1 aliphatic rings. The van der Waals surface area contributed by atoms with E-state index in [9.17, 15) is 9.18 Å². The van der Waals surface area contributed by atoms with Gasteiger partial charge in [-0.1, -0.05) is 15.9 Å². The van der Waals surface area contributed by atoms with Gasteiger partial charge >= 0.3 is 0 Å². The third-order valence-electron chi connectivity index (χ3n) is 4.86. The Morgan fingerprint density at radius 2 is 2.12 bits per heavy atom. The van der Waals surface area contributed by atoms with Crippen molar-refractivity contribution in [1.29, 1.82) is 0 Å². The molecule has 1 saturated heterocycles. The predicted molar refractivity (Wildman–Crippen MR) is 100 cm³/mol. The van der Waals surface area contributed by atoms with Gasteiger partial charge in [-0.25, -0.2) is 9.37 Å². The second-order valence-electron chi connectivity index (χ2n) is 6.80. The molecule has 3 rings (SSSR count). The second kappa shape index (κ2) is 8.31. The maximum atomic E-state index is 13.8. The van der Waals surface area contributed by atoms with Crippen LogP contribution >= 0.6 is 15.9 Å². The van der Waals surface area contributed by atoms with Crippen LogP contribution < -0.4 is 5.32 Å². The fourth-order valence-corrected chi connectivity index (χ4v) is 3.51. The van der Waals surface area contributed by atoms with Gasteiger partial charge in [0.15, 0.2) is 0 Å². The molecule has 5 nitrogen and oxygen atoms in total. The molecule has 0 atom stereocenters. The minimum absolute atomic E-state index is 0.0754. The molecule has 1 amide bonds. The summed E-state index contributed by atoms with van der Waals surface area (Å²) in [6, 6.07) is 4.38. The maximum absolute atomic E-state index is 13.8. The molecular weight excluding hydrogens is 401 g/mol. The molecule has 7 heteroatoms. The first-order chi connectivity index (χ1) is 12.4. The number of oxazole rings is 1. The number of piperidine rings is 1. The molecule has 1 aromatic heterocycles. The molecule has 0 saturated carbocycles. The fraction of sp³-hybridized carbons (Fsp3) is 0.474. The van der Waals surface area contributed by atoms with Gasteiger partial charge in [-0.3, -0.25) is 9.69 Å². The van der Waals surface area contributed by atoms with Gasteiger partial charge in [0, 0.05) is 11.0 Å². The monoisotopic (exact) mass is 423 g/mol. The zero-order chi connectivity index (χ0) is 18.7. The Labute approximate surface area is 161 Å². The molecule has 0 radical (unpaired) electrons. The summed E-state index contributed by atoms with van der Waals surface area (Å²) in [6.07, 6.45) is 1.97. The van der Waals surface area contributed by atoms with Crippen LogP contribution in [0.3, 0.4) is 0 Å². The van der Waals surface area contributed by atoms with E-state index in [4.69, 9.17) is 4.42 Å². The number of nitrogens with one attached hydrogen (secondary N) is 1. The molecule has 1 fully saturated rings. The Bertz CT molecular complexity index is 766. The quantitative estimate of drug-likeness (QED) is 0.793. The topological polar surface area (TPSA) is 58.4 Å². The smallest absolute Gasteiger partial charge is 0.254 e. The number of aryl methyl sites for hydroxylation is 2. The second-order valence-corrected chi connectivity index (χ2v) is 7.72. The molecule has 1 N–H and O–H groups in total. The van der Waals surface area contributed by atoms with Gasteiger partial charge in [-0.05, 0) is 63.9 Å². The van der Waals surface area contributed by atoms with Crippen LogP contribution in [0.15, 0.2) is 27.1 Å². The van der Waals surface area contributed by atoms with Gasteiger partial charge in [0.25, 0.3) is 5.91 Å². The van der Waals surface area contributed by atoms with Crippen LogP contribution in [0.5, 0.6) is 0 Å². The van der Waals surface area contributed by atoms with Crippen molar-refractivity contribution in [3.8, 4) is 0 Å². The van der Waals surface area contributed by atoms with E-state index in [1.807, 2.05) is 13.8 Å². The zero-order valence-electron chi connectivity index (χ0n) is 15.0. The van der Waals surface area contributed by atoms with Crippen LogP contribution in [0.25, 0.3) is 0 Å². The number of halogens is 2. The van der Waals surface area contributed by atoms with Gasteiger partial charge in [-0.15, -0.1) is 0 Å². The predicted octanol–water partition coefficient (Wildman–Crippen LogP) is 3.84. The number of benzene rings is 1. The lowest BCUT2D eigenvalue weighted by Crippen LogP contribution is -2.38. The summed E-state index contributed by atoms with van der Waals surface area (Å²) in [6.45, 7) is 7.03. The van der Waals surface area contributed by atoms with E-state index < -0.39 is 5.82 Å². The van der Waals surface area contributed by atoms with Crippen LogP contribution in [0.4, 0.5) is 4.39 Å². The first-order valence-electron chi connectivity index (χ1n) is 8.81. The molecule has 140 valence electrons. The van der Waals surface area contributed by atoms with E-state index in [2.05, 4.69) is 31.1 Å². The summed E-state index contributed by atoms with van der Waals surface area (Å²) >= 11 is 3.27. The number of carbonyl (C=O) groups is 1. The first-order valence-corrected chi connectivity index (χ1v) is 9.60. The number of hydrogen-bond acceptors (Lipinski definition) is 4. The van der Waals surface area contributed by atoms with Crippen LogP contribution in [0.1, 0.15) is 40.5 Å². The number of nitrogens with zero attached hydrogens (tertiary/aromatic N) is 2. The summed E-state index contributed by atoms with van der Waals surface area (Å²) in [7, 11) is 0. The van der Waals surface area contributed by atoms with Crippen molar-refractivity contribution in [1.82, 2.24) is 15.2 Å². The molecule has 2 aromatic rings. The number of hydrogen-bond donors (Lipinski definition) is 1. The lowest BCUT2D eigenvalue weighted by Gasteiger charge is -2.31. The van der Waals surface area contributed by atoms with E-state index in [-0.39, 0.29) is 11.5 Å². The Morgan fingerprint density at radius 3 is 2.77 bits per heavy atom.